The summed E-state index contributed by atoms with van der Waals surface area (Å²) in [6.07, 6.45) is -1.05. The Morgan fingerprint density at radius 1 is 0.562 bits per heavy atom. The number of rotatable bonds is 10. The summed E-state index contributed by atoms with van der Waals surface area (Å²) in [4.78, 5) is 13.7. The topological polar surface area (TPSA) is 94.5 Å². The number of benzene rings is 2. The van der Waals surface area contributed by atoms with Crippen LogP contribution in [-0.4, -0.2) is 40.4 Å². The first kappa shape index (κ1) is 25.2. The fourth-order valence-corrected chi connectivity index (χ4v) is 3.01. The van der Waals surface area contributed by atoms with Gasteiger partial charge >= 0.3 is 0 Å². The van der Waals surface area contributed by atoms with Crippen molar-refractivity contribution in [1.29, 1.82) is 0 Å². The number of carbonyl (C=O) groups excluding carboxylic acids is 1. The fraction of sp³-hybridized carbons (Fsp3) is 0.480. The Morgan fingerprint density at radius 3 is 1.12 bits per heavy atom. The Labute approximate surface area is 189 Å². The summed E-state index contributed by atoms with van der Waals surface area (Å²) in [5.74, 6) is -0.175. The Hall–Kier alpha value is -3.09. The van der Waals surface area contributed by atoms with Crippen LogP contribution in [0.25, 0.3) is 0 Å². The van der Waals surface area contributed by atoms with Gasteiger partial charge < -0.3 is 29.2 Å². The summed E-state index contributed by atoms with van der Waals surface area (Å²) in [6, 6.07) is 5.76. The molecule has 0 heterocycles. The van der Waals surface area contributed by atoms with E-state index in [1.165, 1.54) is 24.3 Å². The van der Waals surface area contributed by atoms with Crippen LogP contribution in [0, 0.1) is 0 Å². The zero-order valence-corrected chi connectivity index (χ0v) is 20.1. The van der Waals surface area contributed by atoms with Crippen molar-refractivity contribution in [3.05, 3.63) is 35.4 Å². The number of ether oxygens (including phenoxy) is 4. The van der Waals surface area contributed by atoms with Gasteiger partial charge in [-0.1, -0.05) is 0 Å². The molecular formula is C25H34O7. The third kappa shape index (κ3) is 5.99. The summed E-state index contributed by atoms with van der Waals surface area (Å²) in [5.41, 5.74) is 0.392. The zero-order chi connectivity index (χ0) is 24.2. The van der Waals surface area contributed by atoms with Gasteiger partial charge in [0.1, 0.15) is 0 Å². The smallest absolute Gasteiger partial charge is 0.204 e. The molecule has 0 fully saturated rings. The molecule has 0 spiro atoms. The van der Waals surface area contributed by atoms with Crippen LogP contribution in [0.3, 0.4) is 0 Å². The Balaban J connectivity index is 2.73. The molecule has 7 heteroatoms. The van der Waals surface area contributed by atoms with Crippen molar-refractivity contribution in [2.75, 3.05) is 0 Å². The van der Waals surface area contributed by atoms with Crippen molar-refractivity contribution in [3.63, 3.8) is 0 Å². The van der Waals surface area contributed by atoms with Gasteiger partial charge in [-0.15, -0.1) is 0 Å². The van der Waals surface area contributed by atoms with Gasteiger partial charge in [0.05, 0.1) is 35.5 Å². The summed E-state index contributed by atoms with van der Waals surface area (Å²) >= 11 is 0. The number of phenols is 2. The van der Waals surface area contributed by atoms with Gasteiger partial charge in [0, 0.05) is 0 Å². The molecule has 0 unspecified atom stereocenters. The van der Waals surface area contributed by atoms with Crippen LogP contribution >= 0.6 is 0 Å². The fourth-order valence-electron chi connectivity index (χ4n) is 3.01. The molecule has 0 aliphatic rings. The first-order chi connectivity index (χ1) is 14.9. The molecule has 2 N–H and O–H groups in total. The van der Waals surface area contributed by atoms with Crippen LogP contribution in [0.1, 0.15) is 71.3 Å². The van der Waals surface area contributed by atoms with Crippen molar-refractivity contribution in [1.82, 2.24) is 0 Å². The molecule has 2 rings (SSSR count). The van der Waals surface area contributed by atoms with Crippen molar-refractivity contribution in [2.24, 2.45) is 0 Å². The van der Waals surface area contributed by atoms with E-state index in [0.717, 1.165) is 0 Å². The minimum atomic E-state index is -0.418. The van der Waals surface area contributed by atoms with Gasteiger partial charge in [-0.25, -0.2) is 0 Å². The van der Waals surface area contributed by atoms with Crippen molar-refractivity contribution in [2.45, 2.75) is 79.8 Å². The third-order valence-electron chi connectivity index (χ3n) is 4.09. The first-order valence-electron chi connectivity index (χ1n) is 10.9. The first-order valence-corrected chi connectivity index (χ1v) is 10.9. The van der Waals surface area contributed by atoms with Gasteiger partial charge in [-0.2, -0.15) is 0 Å². The van der Waals surface area contributed by atoms with Crippen molar-refractivity contribution in [3.8, 4) is 34.5 Å². The number of carbonyl (C=O) groups is 1. The lowest BCUT2D eigenvalue weighted by atomic mass is 9.99. The molecule has 0 aliphatic carbocycles. The standard InChI is InChI=1S/C25H34O7/c1-13(2)29-22-17(9-11-19(26)24(22)31-15(5)6)21(28)18-10-12-20(27)25(32-16(7)8)23(18)30-14(3)4/h9-16,26-27H,1-8H3. The van der Waals surface area contributed by atoms with E-state index in [1.807, 2.05) is 55.4 Å². The van der Waals surface area contributed by atoms with E-state index in [1.54, 1.807) is 0 Å². The maximum atomic E-state index is 13.7. The third-order valence-corrected chi connectivity index (χ3v) is 4.09. The predicted octanol–water partition coefficient (Wildman–Crippen LogP) is 5.48. The minimum absolute atomic E-state index is 0.100. The molecule has 0 saturated heterocycles. The Kier molecular flexibility index (Phi) is 8.25. The number of phenolic OH excluding ortho intramolecular Hbond substituents is 2. The minimum Gasteiger partial charge on any atom is -0.504 e. The van der Waals surface area contributed by atoms with Crippen LogP contribution in [0.15, 0.2) is 24.3 Å². The van der Waals surface area contributed by atoms with Gasteiger partial charge in [-0.3, -0.25) is 4.79 Å². The van der Waals surface area contributed by atoms with E-state index in [-0.39, 0.29) is 70.0 Å². The molecule has 0 saturated carbocycles. The van der Waals surface area contributed by atoms with E-state index in [4.69, 9.17) is 18.9 Å². The van der Waals surface area contributed by atoms with E-state index in [2.05, 4.69) is 0 Å². The summed E-state index contributed by atoms with van der Waals surface area (Å²) in [5, 5.41) is 20.8. The zero-order valence-electron chi connectivity index (χ0n) is 20.1. The predicted molar refractivity (Wildman–Crippen MR) is 123 cm³/mol. The lowest BCUT2D eigenvalue weighted by molar-refractivity contribution is 0.102. The molecule has 0 aromatic heterocycles. The van der Waals surface area contributed by atoms with E-state index in [9.17, 15) is 15.0 Å². The SMILES string of the molecule is CC(C)Oc1c(O)ccc(C(=O)c2ccc(O)c(OC(C)C)c2OC(C)C)c1OC(C)C. The Morgan fingerprint density at radius 2 is 0.844 bits per heavy atom. The maximum absolute atomic E-state index is 13.7. The molecule has 32 heavy (non-hydrogen) atoms. The second-order valence-electron chi connectivity index (χ2n) is 8.58. The number of hydrogen-bond donors (Lipinski definition) is 2. The molecule has 0 radical (unpaired) electrons. The second-order valence-corrected chi connectivity index (χ2v) is 8.58. The molecular weight excluding hydrogens is 412 g/mol. The van der Waals surface area contributed by atoms with Crippen LogP contribution in [0.4, 0.5) is 0 Å². The van der Waals surface area contributed by atoms with Crippen LogP contribution in [-0.2, 0) is 0 Å². The molecule has 0 amide bonds. The quantitative estimate of drug-likeness (QED) is 0.467. The van der Waals surface area contributed by atoms with E-state index >= 15 is 0 Å². The molecule has 2 aromatic carbocycles. The molecule has 176 valence electrons. The highest BCUT2D eigenvalue weighted by molar-refractivity contribution is 6.13. The molecule has 0 aliphatic heterocycles. The Bertz CT molecular complexity index is 870. The van der Waals surface area contributed by atoms with Gasteiger partial charge in [0.25, 0.3) is 0 Å². The summed E-state index contributed by atoms with van der Waals surface area (Å²) in [7, 11) is 0. The molecule has 2 aromatic rings. The number of aromatic hydroxyl groups is 2. The van der Waals surface area contributed by atoms with E-state index in [0.29, 0.717) is 0 Å². The summed E-state index contributed by atoms with van der Waals surface area (Å²) in [6.45, 7) is 14.5. The average Bonchev–Trinajstić information content (AvgIpc) is 2.66. The number of ketones is 1. The van der Waals surface area contributed by atoms with Crippen molar-refractivity contribution >= 4 is 5.78 Å². The molecule has 7 nitrogen and oxygen atoms in total. The van der Waals surface area contributed by atoms with Gasteiger partial charge in [-0.05, 0) is 79.7 Å². The lowest BCUT2D eigenvalue weighted by Crippen LogP contribution is -2.17. The monoisotopic (exact) mass is 446 g/mol. The molecule has 0 bridgehead atoms. The van der Waals surface area contributed by atoms with Crippen molar-refractivity contribution < 1.29 is 34.0 Å². The van der Waals surface area contributed by atoms with Crippen LogP contribution < -0.4 is 18.9 Å². The second kappa shape index (κ2) is 10.5. The highest BCUT2D eigenvalue weighted by Gasteiger charge is 2.28. The van der Waals surface area contributed by atoms with E-state index < -0.39 is 5.78 Å². The van der Waals surface area contributed by atoms with Gasteiger partial charge in [0.2, 0.25) is 17.3 Å². The highest BCUT2D eigenvalue weighted by atomic mass is 16.5. The van der Waals surface area contributed by atoms with Crippen LogP contribution in [0.5, 0.6) is 34.5 Å². The maximum Gasteiger partial charge on any atom is 0.204 e. The normalized spacial score (nSPS) is 11.4. The average molecular weight is 447 g/mol. The molecule has 0 atom stereocenters. The lowest BCUT2D eigenvalue weighted by Gasteiger charge is -2.22. The number of hydrogen-bond acceptors (Lipinski definition) is 7. The van der Waals surface area contributed by atoms with Gasteiger partial charge in [0.15, 0.2) is 23.0 Å². The summed E-state index contributed by atoms with van der Waals surface area (Å²) < 4.78 is 23.4. The highest BCUT2D eigenvalue weighted by Crippen LogP contribution is 2.45. The largest absolute Gasteiger partial charge is 0.504 e. The van der Waals surface area contributed by atoms with Crippen LogP contribution in [0.2, 0.25) is 0 Å².